The van der Waals surface area contributed by atoms with E-state index in [9.17, 15) is 13.2 Å². The zero-order valence-corrected chi connectivity index (χ0v) is 20.4. The fourth-order valence-corrected chi connectivity index (χ4v) is 6.68. The van der Waals surface area contributed by atoms with Gasteiger partial charge in [-0.05, 0) is 45.2 Å². The number of sulfonamides is 1. The van der Waals surface area contributed by atoms with E-state index in [1.54, 1.807) is 25.2 Å². The number of rotatable bonds is 7. The van der Waals surface area contributed by atoms with E-state index in [1.165, 1.54) is 9.18 Å². The molecule has 0 radical (unpaired) electrons. The normalized spacial score (nSPS) is 16.0. The smallest absolute Gasteiger partial charge is 0.248 e. The Kier molecular flexibility index (Phi) is 6.39. The van der Waals surface area contributed by atoms with E-state index >= 15 is 0 Å². The highest BCUT2D eigenvalue weighted by Gasteiger charge is 2.33. The number of ketones is 1. The van der Waals surface area contributed by atoms with Crippen LogP contribution in [0.15, 0.2) is 33.0 Å². The summed E-state index contributed by atoms with van der Waals surface area (Å²) < 4.78 is 34.7. The lowest BCUT2D eigenvalue weighted by Crippen LogP contribution is -2.49. The van der Waals surface area contributed by atoms with Crippen molar-refractivity contribution in [1.29, 1.82) is 0 Å². The van der Waals surface area contributed by atoms with E-state index in [4.69, 9.17) is 4.52 Å². The van der Waals surface area contributed by atoms with Gasteiger partial charge in [0.15, 0.2) is 11.5 Å². The van der Waals surface area contributed by atoms with Gasteiger partial charge in [0.1, 0.15) is 10.6 Å². The van der Waals surface area contributed by atoms with Gasteiger partial charge in [0, 0.05) is 48.0 Å². The summed E-state index contributed by atoms with van der Waals surface area (Å²) in [6.45, 7) is 9.96. The van der Waals surface area contributed by atoms with Gasteiger partial charge in [-0.1, -0.05) is 11.2 Å². The van der Waals surface area contributed by atoms with Crippen molar-refractivity contribution < 1.29 is 17.7 Å². The lowest BCUT2D eigenvalue weighted by molar-refractivity contribution is 0.0901. The standard InChI is InChI=1S/C22H28N4O4S2/c1-15-12-20(17(3)26(15)13-19-6-5-11-31-19)21(27)14-24-7-9-25(10-8-24)32(28,29)22-16(2)23-30-18(22)4/h5-6,11-12H,7-10,13-14H2,1-4H3. The van der Waals surface area contributed by atoms with E-state index in [-0.39, 0.29) is 17.2 Å². The fourth-order valence-electron chi connectivity index (χ4n) is 4.27. The van der Waals surface area contributed by atoms with Crippen LogP contribution < -0.4 is 0 Å². The molecule has 0 N–H and O–H groups in total. The second-order valence-electron chi connectivity index (χ2n) is 8.21. The van der Waals surface area contributed by atoms with Crippen molar-refractivity contribution in [2.24, 2.45) is 0 Å². The van der Waals surface area contributed by atoms with Gasteiger partial charge in [-0.3, -0.25) is 9.69 Å². The third kappa shape index (κ3) is 4.32. The molecule has 0 spiro atoms. The molecular weight excluding hydrogens is 448 g/mol. The minimum Gasteiger partial charge on any atom is -0.360 e. The lowest BCUT2D eigenvalue weighted by Gasteiger charge is -2.33. The predicted molar refractivity (Wildman–Crippen MR) is 123 cm³/mol. The van der Waals surface area contributed by atoms with E-state index in [0.29, 0.717) is 37.6 Å². The van der Waals surface area contributed by atoms with Gasteiger partial charge in [0.05, 0.1) is 13.1 Å². The Morgan fingerprint density at radius 3 is 2.47 bits per heavy atom. The predicted octanol–water partition coefficient (Wildman–Crippen LogP) is 3.01. The first-order chi connectivity index (χ1) is 15.2. The van der Waals surface area contributed by atoms with Crippen molar-refractivity contribution in [2.75, 3.05) is 32.7 Å². The van der Waals surface area contributed by atoms with Crippen LogP contribution in [-0.2, 0) is 16.6 Å². The van der Waals surface area contributed by atoms with E-state index < -0.39 is 10.0 Å². The zero-order valence-electron chi connectivity index (χ0n) is 18.8. The summed E-state index contributed by atoms with van der Waals surface area (Å²) in [4.78, 5) is 16.5. The van der Waals surface area contributed by atoms with Crippen molar-refractivity contribution in [2.45, 2.75) is 39.1 Å². The molecule has 0 unspecified atom stereocenters. The maximum atomic E-state index is 13.1. The molecule has 1 aliphatic heterocycles. The summed E-state index contributed by atoms with van der Waals surface area (Å²) in [5.41, 5.74) is 3.15. The molecule has 3 aromatic heterocycles. The fraction of sp³-hybridized carbons (Fsp3) is 0.455. The number of piperazine rings is 1. The summed E-state index contributed by atoms with van der Waals surface area (Å²) in [5, 5.41) is 5.83. The first-order valence-electron chi connectivity index (χ1n) is 10.6. The number of carbonyl (C=O) groups is 1. The Morgan fingerprint density at radius 1 is 1.16 bits per heavy atom. The molecule has 172 valence electrons. The Morgan fingerprint density at radius 2 is 1.88 bits per heavy atom. The molecule has 4 rings (SSSR count). The van der Waals surface area contributed by atoms with E-state index in [0.717, 1.165) is 23.5 Å². The number of carbonyl (C=O) groups excluding carboxylic acids is 1. The molecule has 1 fully saturated rings. The van der Waals surface area contributed by atoms with Crippen molar-refractivity contribution in [3.8, 4) is 0 Å². The van der Waals surface area contributed by atoms with Gasteiger partial charge in [0.25, 0.3) is 0 Å². The van der Waals surface area contributed by atoms with Gasteiger partial charge >= 0.3 is 0 Å². The zero-order chi connectivity index (χ0) is 23.0. The lowest BCUT2D eigenvalue weighted by atomic mass is 10.1. The molecule has 1 saturated heterocycles. The van der Waals surface area contributed by atoms with Gasteiger partial charge in [0.2, 0.25) is 10.0 Å². The second kappa shape index (κ2) is 8.93. The van der Waals surface area contributed by atoms with Gasteiger partial charge < -0.3 is 9.09 Å². The number of aromatic nitrogens is 2. The van der Waals surface area contributed by atoms with Crippen LogP contribution in [0, 0.1) is 27.7 Å². The average Bonchev–Trinajstić information content (AvgIpc) is 3.45. The molecule has 0 amide bonds. The number of hydrogen-bond donors (Lipinski definition) is 0. The van der Waals surface area contributed by atoms with Crippen LogP contribution in [0.25, 0.3) is 0 Å². The highest BCUT2D eigenvalue weighted by atomic mass is 32.2. The van der Waals surface area contributed by atoms with Crippen molar-refractivity contribution in [3.63, 3.8) is 0 Å². The Bertz CT molecular complexity index is 1200. The van der Waals surface area contributed by atoms with Crippen LogP contribution in [0.1, 0.15) is 38.1 Å². The number of aryl methyl sites for hydroxylation is 3. The topological polar surface area (TPSA) is 88.7 Å². The average molecular weight is 477 g/mol. The molecule has 3 aromatic rings. The third-order valence-electron chi connectivity index (χ3n) is 6.03. The van der Waals surface area contributed by atoms with E-state index in [1.807, 2.05) is 30.9 Å². The minimum absolute atomic E-state index is 0.0672. The molecule has 8 nitrogen and oxygen atoms in total. The van der Waals surface area contributed by atoms with E-state index in [2.05, 4.69) is 21.2 Å². The highest BCUT2D eigenvalue weighted by Crippen LogP contribution is 2.25. The number of thiophene rings is 1. The third-order valence-corrected chi connectivity index (χ3v) is 9.04. The van der Waals surface area contributed by atoms with Crippen LogP contribution in [0.3, 0.4) is 0 Å². The summed E-state index contributed by atoms with van der Waals surface area (Å²) in [6, 6.07) is 6.09. The monoisotopic (exact) mass is 476 g/mol. The van der Waals surface area contributed by atoms with Crippen molar-refractivity contribution >= 4 is 27.1 Å². The number of Topliss-reactive ketones (excluding diaryl/α,β-unsaturated/α-hetero) is 1. The van der Waals surface area contributed by atoms with Crippen LogP contribution in [0.4, 0.5) is 0 Å². The van der Waals surface area contributed by atoms with Gasteiger partial charge in [-0.15, -0.1) is 11.3 Å². The molecule has 0 saturated carbocycles. The Hall–Kier alpha value is -2.27. The minimum atomic E-state index is -3.65. The maximum Gasteiger partial charge on any atom is 0.248 e. The highest BCUT2D eigenvalue weighted by molar-refractivity contribution is 7.89. The number of nitrogens with zero attached hydrogens (tertiary/aromatic N) is 4. The summed E-state index contributed by atoms with van der Waals surface area (Å²) in [7, 11) is -3.65. The van der Waals surface area contributed by atoms with Crippen molar-refractivity contribution in [3.05, 3.63) is 56.9 Å². The molecule has 1 aliphatic rings. The molecule has 0 bridgehead atoms. The molecular formula is C22H28N4O4S2. The largest absolute Gasteiger partial charge is 0.360 e. The van der Waals surface area contributed by atoms with Gasteiger partial charge in [-0.2, -0.15) is 4.31 Å². The Balaban J connectivity index is 1.40. The molecule has 10 heteroatoms. The van der Waals surface area contributed by atoms with Crippen molar-refractivity contribution in [1.82, 2.24) is 18.9 Å². The quantitative estimate of drug-likeness (QED) is 0.487. The Labute approximate surface area is 192 Å². The van der Waals surface area contributed by atoms with Crippen LogP contribution in [0.5, 0.6) is 0 Å². The summed E-state index contributed by atoms with van der Waals surface area (Å²) in [5.74, 6) is 0.371. The molecule has 0 atom stereocenters. The van der Waals surface area contributed by atoms with Crippen LogP contribution in [0.2, 0.25) is 0 Å². The van der Waals surface area contributed by atoms with Crippen LogP contribution in [-0.4, -0.2) is 65.9 Å². The first-order valence-corrected chi connectivity index (χ1v) is 12.9. The van der Waals surface area contributed by atoms with Crippen LogP contribution >= 0.6 is 11.3 Å². The molecule has 0 aliphatic carbocycles. The molecule has 0 aromatic carbocycles. The molecule has 32 heavy (non-hydrogen) atoms. The first kappa shape index (κ1) is 22.9. The van der Waals surface area contributed by atoms with Gasteiger partial charge in [-0.25, -0.2) is 8.42 Å². The summed E-state index contributed by atoms with van der Waals surface area (Å²) in [6.07, 6.45) is 0. The molecule has 4 heterocycles. The maximum absolute atomic E-state index is 13.1. The summed E-state index contributed by atoms with van der Waals surface area (Å²) >= 11 is 1.71. The number of hydrogen-bond acceptors (Lipinski definition) is 7. The SMILES string of the molecule is Cc1noc(C)c1S(=O)(=O)N1CCN(CC(=O)c2cc(C)n(Cc3cccs3)c2C)CC1. The second-order valence-corrected chi connectivity index (χ2v) is 11.1.